The number of rotatable bonds is 6. The Hall–Kier alpha value is -2.64. The number of methoxy groups -OCH3 is 2. The van der Waals surface area contributed by atoms with Crippen molar-refractivity contribution < 1.29 is 14.3 Å². The topological polar surface area (TPSA) is 89.1 Å². The molecule has 0 unspecified atom stereocenters. The molecule has 0 spiro atoms. The van der Waals surface area contributed by atoms with E-state index < -0.39 is 6.10 Å². The van der Waals surface area contributed by atoms with Crippen LogP contribution >= 0.6 is 11.6 Å². The van der Waals surface area contributed by atoms with Crippen molar-refractivity contribution in [1.29, 1.82) is 0 Å². The third-order valence-electron chi connectivity index (χ3n) is 4.05. The minimum absolute atomic E-state index is 0.168. The zero-order valence-corrected chi connectivity index (χ0v) is 15.4. The lowest BCUT2D eigenvalue weighted by molar-refractivity contribution is -0.130. The maximum atomic E-state index is 11.8. The van der Waals surface area contributed by atoms with Crippen LogP contribution in [0.25, 0.3) is 22.2 Å². The summed E-state index contributed by atoms with van der Waals surface area (Å²) < 4.78 is 10.0. The van der Waals surface area contributed by atoms with E-state index in [4.69, 9.17) is 21.1 Å². The second-order valence-electron chi connectivity index (χ2n) is 5.75. The molecule has 1 amide bonds. The summed E-state index contributed by atoms with van der Waals surface area (Å²) in [6.45, 7) is 2.07. The molecule has 0 fully saturated rings. The second-order valence-corrected chi connectivity index (χ2v) is 6.16. The van der Waals surface area contributed by atoms with Gasteiger partial charge in [-0.2, -0.15) is 0 Å². The first-order valence-electron chi connectivity index (χ1n) is 8.00. The van der Waals surface area contributed by atoms with Crippen LogP contribution in [0.15, 0.2) is 30.6 Å². The Labute approximate surface area is 155 Å². The van der Waals surface area contributed by atoms with Crippen molar-refractivity contribution in [2.24, 2.45) is 0 Å². The molecule has 3 rings (SSSR count). The van der Waals surface area contributed by atoms with Gasteiger partial charge in [0.15, 0.2) is 0 Å². The first kappa shape index (κ1) is 18.2. The molecule has 2 aromatic heterocycles. The summed E-state index contributed by atoms with van der Waals surface area (Å²) >= 11 is 6.41. The number of carbonyl (C=O) groups excluding carboxylic acids is 1. The summed E-state index contributed by atoms with van der Waals surface area (Å²) in [6, 6.07) is 5.72. The predicted octanol–water partition coefficient (Wildman–Crippen LogP) is 2.94. The molecule has 2 heterocycles. The molecule has 3 aromatic rings. The summed E-state index contributed by atoms with van der Waals surface area (Å²) in [7, 11) is 3.04. The zero-order chi connectivity index (χ0) is 18.7. The molecular weight excluding hydrogens is 356 g/mol. The van der Waals surface area contributed by atoms with Crippen LogP contribution in [-0.4, -0.2) is 41.2 Å². The van der Waals surface area contributed by atoms with Crippen molar-refractivity contribution in [2.45, 2.75) is 19.6 Å². The highest BCUT2D eigenvalue weighted by Crippen LogP contribution is 2.31. The van der Waals surface area contributed by atoms with Crippen LogP contribution in [0.4, 0.5) is 0 Å². The van der Waals surface area contributed by atoms with Gasteiger partial charge >= 0.3 is 0 Å². The molecule has 0 radical (unpaired) electrons. The van der Waals surface area contributed by atoms with Crippen LogP contribution in [0, 0.1) is 0 Å². The first-order valence-corrected chi connectivity index (χ1v) is 8.37. The number of hydrogen-bond acceptors (Lipinski definition) is 5. The number of aromatic nitrogens is 3. The van der Waals surface area contributed by atoms with E-state index in [-0.39, 0.29) is 5.91 Å². The molecule has 8 heteroatoms. The minimum atomic E-state index is -0.492. The summed E-state index contributed by atoms with van der Waals surface area (Å²) in [5, 5.41) is 4.34. The van der Waals surface area contributed by atoms with Gasteiger partial charge in [-0.1, -0.05) is 11.6 Å². The average molecular weight is 375 g/mol. The van der Waals surface area contributed by atoms with Gasteiger partial charge < -0.3 is 19.8 Å². The minimum Gasteiger partial charge on any atom is -0.480 e. The van der Waals surface area contributed by atoms with E-state index in [2.05, 4.69) is 20.3 Å². The normalized spacial score (nSPS) is 12.2. The van der Waals surface area contributed by atoms with Crippen molar-refractivity contribution in [3.8, 4) is 17.1 Å². The summed E-state index contributed by atoms with van der Waals surface area (Å²) in [6.07, 6.45) is 2.67. The van der Waals surface area contributed by atoms with E-state index >= 15 is 0 Å². The highest BCUT2D eigenvalue weighted by atomic mass is 35.5. The SMILES string of the molecule is COc1cnc(-c2cc3[nH]c(CNC(=O)[C@@H](C)OC)cc3cc2Cl)cn1. The molecule has 1 aromatic carbocycles. The fraction of sp³-hybridized carbons (Fsp3) is 0.278. The molecule has 0 saturated heterocycles. The average Bonchev–Trinajstić information content (AvgIpc) is 3.06. The van der Waals surface area contributed by atoms with Crippen LogP contribution in [0.1, 0.15) is 12.6 Å². The quantitative estimate of drug-likeness (QED) is 0.692. The van der Waals surface area contributed by atoms with Crippen molar-refractivity contribution >= 4 is 28.4 Å². The first-order chi connectivity index (χ1) is 12.5. The Morgan fingerprint density at radius 2 is 2.08 bits per heavy atom. The second kappa shape index (κ2) is 7.72. The number of fused-ring (bicyclic) bond motifs is 1. The third-order valence-corrected chi connectivity index (χ3v) is 4.37. The number of benzene rings is 1. The van der Waals surface area contributed by atoms with E-state index in [0.29, 0.717) is 23.1 Å². The molecule has 2 N–H and O–H groups in total. The van der Waals surface area contributed by atoms with E-state index in [1.54, 1.807) is 19.3 Å². The van der Waals surface area contributed by atoms with Gasteiger partial charge in [0.25, 0.3) is 0 Å². The number of carbonyl (C=O) groups is 1. The van der Waals surface area contributed by atoms with Gasteiger partial charge in [0.1, 0.15) is 6.10 Å². The monoisotopic (exact) mass is 374 g/mol. The largest absolute Gasteiger partial charge is 0.480 e. The lowest BCUT2D eigenvalue weighted by Gasteiger charge is -2.09. The lowest BCUT2D eigenvalue weighted by atomic mass is 10.1. The molecule has 0 aliphatic carbocycles. The van der Waals surface area contributed by atoms with Gasteiger partial charge in [0.2, 0.25) is 11.8 Å². The fourth-order valence-electron chi connectivity index (χ4n) is 2.50. The van der Waals surface area contributed by atoms with Gasteiger partial charge in [-0.3, -0.25) is 4.79 Å². The number of nitrogens with one attached hydrogen (secondary N) is 2. The number of hydrogen-bond donors (Lipinski definition) is 2. The number of ether oxygens (including phenoxy) is 2. The Balaban J connectivity index is 1.84. The molecule has 0 aliphatic rings. The van der Waals surface area contributed by atoms with Crippen LogP contribution in [0.2, 0.25) is 5.02 Å². The molecule has 136 valence electrons. The Morgan fingerprint density at radius 1 is 1.27 bits per heavy atom. The maximum Gasteiger partial charge on any atom is 0.249 e. The number of nitrogens with zero attached hydrogens (tertiary/aromatic N) is 2. The lowest BCUT2D eigenvalue weighted by Crippen LogP contribution is -2.33. The third kappa shape index (κ3) is 3.79. The molecular formula is C18H19ClN4O3. The molecule has 0 bridgehead atoms. The number of halogens is 1. The van der Waals surface area contributed by atoms with E-state index in [9.17, 15) is 4.79 Å². The van der Waals surface area contributed by atoms with Crippen LogP contribution in [0.3, 0.4) is 0 Å². The van der Waals surface area contributed by atoms with Crippen molar-refractivity contribution in [3.63, 3.8) is 0 Å². The van der Waals surface area contributed by atoms with E-state index in [1.165, 1.54) is 14.2 Å². The summed E-state index contributed by atoms with van der Waals surface area (Å²) in [4.78, 5) is 23.6. The molecule has 7 nitrogen and oxygen atoms in total. The highest BCUT2D eigenvalue weighted by molar-refractivity contribution is 6.34. The standard InChI is InChI=1S/C18H19ClN4O3/c1-10(25-2)18(24)22-7-12-4-11-5-14(19)13(6-15(11)23-12)16-8-21-17(26-3)9-20-16/h4-6,8-10,23H,7H2,1-3H3,(H,22,24)/t10-/m1/s1. The number of amides is 1. The molecule has 26 heavy (non-hydrogen) atoms. The van der Waals surface area contributed by atoms with Gasteiger partial charge in [-0.25, -0.2) is 9.97 Å². The van der Waals surface area contributed by atoms with Gasteiger partial charge in [0, 0.05) is 29.3 Å². The van der Waals surface area contributed by atoms with E-state index in [0.717, 1.165) is 22.2 Å². The number of aromatic amines is 1. The van der Waals surface area contributed by atoms with Gasteiger partial charge in [0.05, 0.1) is 36.8 Å². The van der Waals surface area contributed by atoms with Crippen molar-refractivity contribution in [3.05, 3.63) is 41.3 Å². The Morgan fingerprint density at radius 3 is 2.73 bits per heavy atom. The molecule has 0 saturated carbocycles. The fourth-order valence-corrected chi connectivity index (χ4v) is 2.77. The Kier molecular flexibility index (Phi) is 5.39. The molecule has 1 atom stereocenters. The van der Waals surface area contributed by atoms with Crippen LogP contribution in [0.5, 0.6) is 5.88 Å². The number of H-pyrrole nitrogens is 1. The van der Waals surface area contributed by atoms with Crippen LogP contribution < -0.4 is 10.1 Å². The predicted molar refractivity (Wildman–Crippen MR) is 99.2 cm³/mol. The van der Waals surface area contributed by atoms with Crippen LogP contribution in [-0.2, 0) is 16.1 Å². The summed E-state index contributed by atoms with van der Waals surface area (Å²) in [5.74, 6) is 0.271. The smallest absolute Gasteiger partial charge is 0.249 e. The zero-order valence-electron chi connectivity index (χ0n) is 14.7. The van der Waals surface area contributed by atoms with Gasteiger partial charge in [-0.05, 0) is 25.1 Å². The van der Waals surface area contributed by atoms with Crippen molar-refractivity contribution in [1.82, 2.24) is 20.3 Å². The van der Waals surface area contributed by atoms with Gasteiger partial charge in [-0.15, -0.1) is 0 Å². The maximum absolute atomic E-state index is 11.8. The van der Waals surface area contributed by atoms with E-state index in [1.807, 2.05) is 18.2 Å². The van der Waals surface area contributed by atoms with Crippen molar-refractivity contribution in [2.75, 3.05) is 14.2 Å². The Bertz CT molecular complexity index is 924. The molecule has 0 aliphatic heterocycles. The summed E-state index contributed by atoms with van der Waals surface area (Å²) in [5.41, 5.74) is 3.17. The highest BCUT2D eigenvalue weighted by Gasteiger charge is 2.13.